The lowest BCUT2D eigenvalue weighted by atomic mass is 10.2. The van der Waals surface area contributed by atoms with Gasteiger partial charge in [0.05, 0.1) is 6.10 Å². The van der Waals surface area contributed by atoms with Crippen molar-refractivity contribution in [1.82, 2.24) is 9.80 Å². The van der Waals surface area contributed by atoms with E-state index in [-0.39, 0.29) is 12.0 Å². The Bertz CT molecular complexity index is 179. The summed E-state index contributed by atoms with van der Waals surface area (Å²) in [4.78, 5) is 15.3. The lowest BCUT2D eigenvalue weighted by Gasteiger charge is -2.26. The molecule has 0 aromatic carbocycles. The number of carbonyl (C=O) groups excluding carboxylic acids is 1. The number of ether oxygens (including phenoxy) is 1. The Labute approximate surface area is 93.2 Å². The van der Waals surface area contributed by atoms with Crippen LogP contribution in [0.25, 0.3) is 0 Å². The topological polar surface area (TPSA) is 32.8 Å². The van der Waals surface area contributed by atoms with Gasteiger partial charge in [0.25, 0.3) is 0 Å². The molecule has 0 aliphatic carbocycles. The summed E-state index contributed by atoms with van der Waals surface area (Å²) in [6.45, 7) is 6.02. The summed E-state index contributed by atoms with van der Waals surface area (Å²) in [6.07, 6.45) is 1.08. The van der Waals surface area contributed by atoms with Gasteiger partial charge in [-0.15, -0.1) is 0 Å². The predicted molar refractivity (Wildman–Crippen MR) is 61.9 cm³/mol. The number of likely N-dealkylation sites (N-methyl/N-ethyl adjacent to an activating group) is 1. The fraction of sp³-hybridized carbons (Fsp3) is 0.909. The summed E-state index contributed by atoms with van der Waals surface area (Å²) in [5.41, 5.74) is 0. The van der Waals surface area contributed by atoms with Crippen LogP contribution in [-0.4, -0.2) is 62.7 Å². The van der Waals surface area contributed by atoms with E-state index in [0.29, 0.717) is 6.54 Å². The zero-order valence-corrected chi connectivity index (χ0v) is 10.6. The Hall–Kier alpha value is -0.610. The summed E-state index contributed by atoms with van der Waals surface area (Å²) in [5, 5.41) is 0. The van der Waals surface area contributed by atoms with Crippen LogP contribution in [0.15, 0.2) is 0 Å². The van der Waals surface area contributed by atoms with Crippen molar-refractivity contribution in [3.63, 3.8) is 0 Å². The molecule has 15 heavy (non-hydrogen) atoms. The van der Waals surface area contributed by atoms with Gasteiger partial charge in [-0.1, -0.05) is 6.92 Å². The normalized spacial score (nSPS) is 12.9. The van der Waals surface area contributed by atoms with Crippen molar-refractivity contribution in [3.05, 3.63) is 0 Å². The molecular weight excluding hydrogens is 192 g/mol. The summed E-state index contributed by atoms with van der Waals surface area (Å²) in [5.74, 6) is 0.118. The van der Waals surface area contributed by atoms with Gasteiger partial charge in [0, 0.05) is 33.7 Å². The third kappa shape index (κ3) is 6.47. The molecule has 0 aliphatic rings. The Morgan fingerprint density at radius 3 is 2.27 bits per heavy atom. The van der Waals surface area contributed by atoms with Gasteiger partial charge in [0.1, 0.15) is 0 Å². The van der Waals surface area contributed by atoms with E-state index in [9.17, 15) is 4.79 Å². The van der Waals surface area contributed by atoms with Gasteiger partial charge in [-0.3, -0.25) is 4.79 Å². The van der Waals surface area contributed by atoms with E-state index < -0.39 is 0 Å². The van der Waals surface area contributed by atoms with E-state index in [1.165, 1.54) is 0 Å². The van der Waals surface area contributed by atoms with Gasteiger partial charge < -0.3 is 14.5 Å². The van der Waals surface area contributed by atoms with Crippen LogP contribution in [0.1, 0.15) is 20.3 Å². The highest BCUT2D eigenvalue weighted by Crippen LogP contribution is 2.01. The molecule has 0 rings (SSSR count). The standard InChI is InChI=1S/C11H24N2O2/c1-6-11(15-5)9-13(10(2)14)8-7-12(3)4/h11H,6-9H2,1-5H3. The molecule has 90 valence electrons. The Kier molecular flexibility index (Phi) is 7.34. The van der Waals surface area contributed by atoms with Crippen LogP contribution < -0.4 is 0 Å². The van der Waals surface area contributed by atoms with Crippen molar-refractivity contribution in [2.24, 2.45) is 0 Å². The molecule has 0 heterocycles. The van der Waals surface area contributed by atoms with Gasteiger partial charge in [-0.05, 0) is 20.5 Å². The number of carbonyl (C=O) groups is 1. The molecule has 0 N–H and O–H groups in total. The minimum atomic E-state index is 0.118. The van der Waals surface area contributed by atoms with Crippen molar-refractivity contribution < 1.29 is 9.53 Å². The van der Waals surface area contributed by atoms with Crippen LogP contribution in [0.5, 0.6) is 0 Å². The first-order valence-electron chi connectivity index (χ1n) is 5.44. The van der Waals surface area contributed by atoms with Gasteiger partial charge in [-0.25, -0.2) is 0 Å². The molecule has 0 saturated carbocycles. The Balaban J connectivity index is 4.09. The highest BCUT2D eigenvalue weighted by Gasteiger charge is 2.14. The maximum absolute atomic E-state index is 11.4. The first kappa shape index (κ1) is 14.4. The van der Waals surface area contributed by atoms with Crippen molar-refractivity contribution >= 4 is 5.91 Å². The second-order valence-electron chi connectivity index (χ2n) is 4.03. The average Bonchev–Trinajstić information content (AvgIpc) is 2.17. The lowest BCUT2D eigenvalue weighted by molar-refractivity contribution is -0.130. The average molecular weight is 216 g/mol. The van der Waals surface area contributed by atoms with Crippen molar-refractivity contribution in [2.75, 3.05) is 40.8 Å². The predicted octanol–water partition coefficient (Wildman–Crippen LogP) is 0.821. The molecule has 0 radical (unpaired) electrons. The molecular formula is C11H24N2O2. The lowest BCUT2D eigenvalue weighted by Crippen LogP contribution is -2.40. The number of hydrogen-bond donors (Lipinski definition) is 0. The number of hydrogen-bond acceptors (Lipinski definition) is 3. The second kappa shape index (κ2) is 7.65. The zero-order chi connectivity index (χ0) is 11.8. The van der Waals surface area contributed by atoms with Crippen molar-refractivity contribution in [3.8, 4) is 0 Å². The molecule has 1 atom stereocenters. The van der Waals surface area contributed by atoms with Gasteiger partial charge >= 0.3 is 0 Å². The molecule has 0 spiro atoms. The summed E-state index contributed by atoms with van der Waals surface area (Å²) in [6, 6.07) is 0. The molecule has 1 unspecified atom stereocenters. The minimum absolute atomic E-state index is 0.118. The molecule has 1 amide bonds. The van der Waals surface area contributed by atoms with E-state index in [1.807, 2.05) is 19.0 Å². The van der Waals surface area contributed by atoms with E-state index in [0.717, 1.165) is 19.5 Å². The molecule has 4 nitrogen and oxygen atoms in total. The monoisotopic (exact) mass is 216 g/mol. The van der Waals surface area contributed by atoms with Crippen LogP contribution in [-0.2, 0) is 9.53 Å². The van der Waals surface area contributed by atoms with Crippen LogP contribution >= 0.6 is 0 Å². The van der Waals surface area contributed by atoms with Crippen LogP contribution in [0.4, 0.5) is 0 Å². The molecule has 0 aromatic rings. The Morgan fingerprint density at radius 1 is 1.33 bits per heavy atom. The molecule has 0 aliphatic heterocycles. The quantitative estimate of drug-likeness (QED) is 0.631. The van der Waals surface area contributed by atoms with Crippen LogP contribution in [0.3, 0.4) is 0 Å². The first-order chi connectivity index (χ1) is 7.01. The maximum atomic E-state index is 11.4. The second-order valence-corrected chi connectivity index (χ2v) is 4.03. The molecule has 0 bridgehead atoms. The van der Waals surface area contributed by atoms with Gasteiger partial charge in [0.15, 0.2) is 0 Å². The summed E-state index contributed by atoms with van der Waals surface area (Å²) >= 11 is 0. The first-order valence-corrected chi connectivity index (χ1v) is 5.44. The highest BCUT2D eigenvalue weighted by molar-refractivity contribution is 5.73. The van der Waals surface area contributed by atoms with E-state index in [2.05, 4.69) is 11.8 Å². The van der Waals surface area contributed by atoms with Crippen LogP contribution in [0.2, 0.25) is 0 Å². The number of methoxy groups -OCH3 is 1. The third-order valence-corrected chi connectivity index (χ3v) is 2.48. The molecule has 0 saturated heterocycles. The summed E-state index contributed by atoms with van der Waals surface area (Å²) < 4.78 is 5.28. The SMILES string of the molecule is CCC(CN(CCN(C)C)C(C)=O)OC. The minimum Gasteiger partial charge on any atom is -0.380 e. The molecule has 0 aromatic heterocycles. The zero-order valence-electron chi connectivity index (χ0n) is 10.6. The van der Waals surface area contributed by atoms with Crippen molar-refractivity contribution in [1.29, 1.82) is 0 Å². The maximum Gasteiger partial charge on any atom is 0.219 e. The van der Waals surface area contributed by atoms with E-state index in [1.54, 1.807) is 14.0 Å². The third-order valence-electron chi connectivity index (χ3n) is 2.48. The van der Waals surface area contributed by atoms with Gasteiger partial charge in [0.2, 0.25) is 5.91 Å². The van der Waals surface area contributed by atoms with E-state index >= 15 is 0 Å². The fourth-order valence-corrected chi connectivity index (χ4v) is 1.31. The fourth-order valence-electron chi connectivity index (χ4n) is 1.31. The van der Waals surface area contributed by atoms with Crippen molar-refractivity contribution in [2.45, 2.75) is 26.4 Å². The largest absolute Gasteiger partial charge is 0.380 e. The Morgan fingerprint density at radius 2 is 1.93 bits per heavy atom. The highest BCUT2D eigenvalue weighted by atomic mass is 16.5. The van der Waals surface area contributed by atoms with E-state index in [4.69, 9.17) is 4.74 Å². The number of amides is 1. The number of rotatable bonds is 7. The molecule has 4 heteroatoms. The summed E-state index contributed by atoms with van der Waals surface area (Å²) in [7, 11) is 5.70. The van der Waals surface area contributed by atoms with Gasteiger partial charge in [-0.2, -0.15) is 0 Å². The van der Waals surface area contributed by atoms with Crippen LogP contribution in [0, 0.1) is 0 Å². The smallest absolute Gasteiger partial charge is 0.219 e. The number of nitrogens with zero attached hydrogens (tertiary/aromatic N) is 2. The molecule has 0 fully saturated rings.